The van der Waals surface area contributed by atoms with Crippen molar-refractivity contribution >= 4 is 0 Å². The summed E-state index contributed by atoms with van der Waals surface area (Å²) < 4.78 is 0. The molecule has 2 unspecified atom stereocenters. The lowest BCUT2D eigenvalue weighted by atomic mass is 9.76. The highest BCUT2D eigenvalue weighted by molar-refractivity contribution is 4.81. The van der Waals surface area contributed by atoms with Crippen molar-refractivity contribution < 1.29 is 0 Å². The summed E-state index contributed by atoms with van der Waals surface area (Å²) in [4.78, 5) is 2.46. The molecule has 0 bridgehead atoms. The van der Waals surface area contributed by atoms with Crippen molar-refractivity contribution in [1.29, 1.82) is 0 Å². The second kappa shape index (κ2) is 6.02. The van der Waals surface area contributed by atoms with Gasteiger partial charge in [0.1, 0.15) is 0 Å². The molecule has 0 radical (unpaired) electrons. The molecule has 0 aromatic heterocycles. The van der Waals surface area contributed by atoms with E-state index in [1.165, 1.54) is 32.1 Å². The van der Waals surface area contributed by atoms with Gasteiger partial charge in [-0.2, -0.15) is 0 Å². The van der Waals surface area contributed by atoms with Crippen LogP contribution in [0.4, 0.5) is 0 Å². The van der Waals surface area contributed by atoms with E-state index in [2.05, 4.69) is 32.7 Å². The first-order valence-electron chi connectivity index (χ1n) is 6.85. The zero-order valence-electron chi connectivity index (χ0n) is 11.6. The van der Waals surface area contributed by atoms with Crippen molar-refractivity contribution in [3.05, 3.63) is 0 Å². The molecule has 0 aromatic rings. The van der Waals surface area contributed by atoms with Gasteiger partial charge in [-0.25, -0.2) is 0 Å². The number of likely N-dealkylation sites (N-methyl/N-ethyl adjacent to an activating group) is 1. The van der Waals surface area contributed by atoms with Gasteiger partial charge in [0.15, 0.2) is 0 Å². The Morgan fingerprint density at radius 2 is 1.81 bits per heavy atom. The highest BCUT2D eigenvalue weighted by atomic mass is 15.1. The highest BCUT2D eigenvalue weighted by Crippen LogP contribution is 2.37. The van der Waals surface area contributed by atoms with Crippen LogP contribution in [-0.2, 0) is 0 Å². The second-order valence-electron chi connectivity index (χ2n) is 6.49. The number of rotatable bonds is 3. The van der Waals surface area contributed by atoms with Gasteiger partial charge in [0.2, 0.25) is 0 Å². The molecule has 0 spiro atoms. The molecule has 1 aliphatic carbocycles. The molecule has 0 aliphatic heterocycles. The number of hydrogen-bond donors (Lipinski definition) is 1. The Kier molecular flexibility index (Phi) is 5.26. The molecule has 16 heavy (non-hydrogen) atoms. The van der Waals surface area contributed by atoms with E-state index >= 15 is 0 Å². The summed E-state index contributed by atoms with van der Waals surface area (Å²) in [6, 6.07) is 0.774. The lowest BCUT2D eigenvalue weighted by Gasteiger charge is -2.30. The van der Waals surface area contributed by atoms with Gasteiger partial charge in [-0.3, -0.25) is 0 Å². The van der Waals surface area contributed by atoms with Gasteiger partial charge >= 0.3 is 0 Å². The van der Waals surface area contributed by atoms with E-state index < -0.39 is 0 Å². The zero-order chi connectivity index (χ0) is 12.2. The van der Waals surface area contributed by atoms with Crippen LogP contribution in [-0.4, -0.2) is 31.1 Å². The molecule has 0 aromatic carbocycles. The normalized spacial score (nSPS) is 28.1. The van der Waals surface area contributed by atoms with Crippen molar-refractivity contribution in [2.24, 2.45) is 17.1 Å². The summed E-state index contributed by atoms with van der Waals surface area (Å²) >= 11 is 0. The molecule has 0 amide bonds. The Labute approximate surface area is 102 Å². The predicted molar refractivity (Wildman–Crippen MR) is 71.5 cm³/mol. The number of hydrogen-bond acceptors (Lipinski definition) is 2. The third-order valence-electron chi connectivity index (χ3n) is 4.27. The molecule has 2 heteroatoms. The van der Waals surface area contributed by atoms with Crippen LogP contribution in [0.5, 0.6) is 0 Å². The smallest absolute Gasteiger partial charge is 0.0104 e. The molecule has 0 heterocycles. The van der Waals surface area contributed by atoms with Gasteiger partial charge in [-0.15, -0.1) is 0 Å². The van der Waals surface area contributed by atoms with Crippen molar-refractivity contribution in [3.8, 4) is 0 Å². The monoisotopic (exact) mass is 226 g/mol. The van der Waals surface area contributed by atoms with Gasteiger partial charge in [0.05, 0.1) is 0 Å². The van der Waals surface area contributed by atoms with E-state index in [1.54, 1.807) is 0 Å². The van der Waals surface area contributed by atoms with Crippen LogP contribution in [0.15, 0.2) is 0 Å². The first-order valence-corrected chi connectivity index (χ1v) is 6.85. The minimum atomic E-state index is 0.487. The molecule has 2 nitrogen and oxygen atoms in total. The molecular formula is C14H30N2. The van der Waals surface area contributed by atoms with E-state index in [0.717, 1.165) is 25.0 Å². The average molecular weight is 226 g/mol. The summed E-state index contributed by atoms with van der Waals surface area (Å²) in [5.41, 5.74) is 6.12. The Bertz CT molecular complexity index is 195. The second-order valence-corrected chi connectivity index (χ2v) is 6.49. The molecule has 2 N–H and O–H groups in total. The molecule has 1 fully saturated rings. The predicted octanol–water partition coefficient (Wildman–Crippen LogP) is 2.87. The van der Waals surface area contributed by atoms with Crippen molar-refractivity contribution in [3.63, 3.8) is 0 Å². The summed E-state index contributed by atoms with van der Waals surface area (Å²) in [5, 5.41) is 0. The minimum Gasteiger partial charge on any atom is -0.329 e. The molecule has 1 aliphatic rings. The Hall–Kier alpha value is -0.0800. The largest absolute Gasteiger partial charge is 0.329 e. The molecule has 1 rings (SSSR count). The van der Waals surface area contributed by atoms with Crippen molar-refractivity contribution in [2.45, 2.75) is 58.9 Å². The van der Waals surface area contributed by atoms with Crippen LogP contribution in [0.3, 0.4) is 0 Å². The van der Waals surface area contributed by atoms with E-state index in [9.17, 15) is 0 Å². The maximum absolute atomic E-state index is 5.63. The van der Waals surface area contributed by atoms with Gasteiger partial charge in [0, 0.05) is 19.1 Å². The SMILES string of the molecule is CN(CCN)C1CCCC(C(C)(C)C)CC1. The fraction of sp³-hybridized carbons (Fsp3) is 1.00. The summed E-state index contributed by atoms with van der Waals surface area (Å²) in [6.45, 7) is 9.01. The van der Waals surface area contributed by atoms with Gasteiger partial charge in [0.25, 0.3) is 0 Å². The molecule has 1 saturated carbocycles. The van der Waals surface area contributed by atoms with Crippen LogP contribution in [0.2, 0.25) is 0 Å². The fourth-order valence-electron chi connectivity index (χ4n) is 2.98. The minimum absolute atomic E-state index is 0.487. The van der Waals surface area contributed by atoms with Crippen LogP contribution in [0.1, 0.15) is 52.9 Å². The lowest BCUT2D eigenvalue weighted by molar-refractivity contribution is 0.197. The average Bonchev–Trinajstić information content (AvgIpc) is 2.41. The van der Waals surface area contributed by atoms with Crippen LogP contribution in [0.25, 0.3) is 0 Å². The van der Waals surface area contributed by atoms with Crippen LogP contribution >= 0.6 is 0 Å². The fourth-order valence-corrected chi connectivity index (χ4v) is 2.98. The number of nitrogens with zero attached hydrogens (tertiary/aromatic N) is 1. The van der Waals surface area contributed by atoms with Gasteiger partial charge in [-0.05, 0) is 44.1 Å². The molecular weight excluding hydrogens is 196 g/mol. The standard InChI is InChI=1S/C14H30N2/c1-14(2,3)12-6-5-7-13(9-8-12)16(4)11-10-15/h12-13H,5-11,15H2,1-4H3. The van der Waals surface area contributed by atoms with Gasteiger partial charge in [-0.1, -0.05) is 27.2 Å². The first-order chi connectivity index (χ1) is 7.45. The van der Waals surface area contributed by atoms with Crippen LogP contribution < -0.4 is 5.73 Å². The third kappa shape index (κ3) is 4.06. The topological polar surface area (TPSA) is 29.3 Å². The Morgan fingerprint density at radius 3 is 2.38 bits per heavy atom. The van der Waals surface area contributed by atoms with E-state index in [0.29, 0.717) is 5.41 Å². The maximum atomic E-state index is 5.63. The molecule has 2 atom stereocenters. The molecule has 0 saturated heterocycles. The Balaban J connectivity index is 2.46. The highest BCUT2D eigenvalue weighted by Gasteiger charge is 2.28. The third-order valence-corrected chi connectivity index (χ3v) is 4.27. The van der Waals surface area contributed by atoms with Gasteiger partial charge < -0.3 is 10.6 Å². The van der Waals surface area contributed by atoms with Crippen molar-refractivity contribution in [1.82, 2.24) is 4.90 Å². The number of nitrogens with two attached hydrogens (primary N) is 1. The van der Waals surface area contributed by atoms with E-state index in [-0.39, 0.29) is 0 Å². The zero-order valence-corrected chi connectivity index (χ0v) is 11.6. The first kappa shape index (κ1) is 14.0. The Morgan fingerprint density at radius 1 is 1.12 bits per heavy atom. The quantitative estimate of drug-likeness (QED) is 0.750. The van der Waals surface area contributed by atoms with E-state index in [4.69, 9.17) is 5.73 Å². The summed E-state index contributed by atoms with van der Waals surface area (Å²) in [5.74, 6) is 0.906. The van der Waals surface area contributed by atoms with Crippen molar-refractivity contribution in [2.75, 3.05) is 20.1 Å². The molecule has 96 valence electrons. The summed E-state index contributed by atoms with van der Waals surface area (Å²) in [7, 11) is 2.23. The van der Waals surface area contributed by atoms with E-state index in [1.807, 2.05) is 0 Å². The lowest BCUT2D eigenvalue weighted by Crippen LogP contribution is -2.35. The summed E-state index contributed by atoms with van der Waals surface area (Å²) in [6.07, 6.45) is 6.92. The maximum Gasteiger partial charge on any atom is 0.0104 e. The van der Waals surface area contributed by atoms with Crippen LogP contribution in [0, 0.1) is 11.3 Å².